The summed E-state index contributed by atoms with van der Waals surface area (Å²) in [6, 6.07) is 23.7. The summed E-state index contributed by atoms with van der Waals surface area (Å²) in [5.74, 6) is -1.23. The molecule has 0 spiro atoms. The highest BCUT2D eigenvalue weighted by molar-refractivity contribution is 7.92. The van der Waals surface area contributed by atoms with E-state index in [1.165, 1.54) is 17.0 Å². The summed E-state index contributed by atoms with van der Waals surface area (Å²) in [5.41, 5.74) is 1.44. The van der Waals surface area contributed by atoms with Gasteiger partial charge in [-0.1, -0.05) is 96.4 Å². The average molecular weight is 700 g/mol. The molecule has 0 radical (unpaired) electrons. The van der Waals surface area contributed by atoms with Crippen LogP contribution in [0.5, 0.6) is 0 Å². The zero-order valence-electron chi connectivity index (χ0n) is 26.8. The van der Waals surface area contributed by atoms with E-state index in [0.717, 1.165) is 28.8 Å². The molecule has 1 unspecified atom stereocenters. The van der Waals surface area contributed by atoms with E-state index in [1.807, 2.05) is 44.2 Å². The Bertz CT molecular complexity index is 1840. The van der Waals surface area contributed by atoms with Crippen LogP contribution < -0.4 is 9.62 Å². The third-order valence-corrected chi connectivity index (χ3v) is 9.80. The standard InChI is InChI=1S/C36H37ClF3N3O4S/c1-4-19-41-35(45)33(21-27-10-6-5-7-11-27)42(23-28-12-8-9-26(3)20-28)34(44)24-43(48(46,47)30-16-13-25(2)14-17-30)29-15-18-32(37)31(22-29)36(38,39)40/h5-18,20,22,33H,4,19,21,23-24H2,1-3H3,(H,41,45). The summed E-state index contributed by atoms with van der Waals surface area (Å²) in [4.78, 5) is 29.3. The Morgan fingerprint density at radius 1 is 0.854 bits per heavy atom. The number of aryl methyl sites for hydroxylation is 2. The van der Waals surface area contributed by atoms with Gasteiger partial charge in [0.05, 0.1) is 21.2 Å². The molecular formula is C36H37ClF3N3O4S. The number of hydrogen-bond donors (Lipinski definition) is 1. The summed E-state index contributed by atoms with van der Waals surface area (Å²) >= 11 is 5.88. The second kappa shape index (κ2) is 15.7. The molecule has 0 saturated heterocycles. The molecule has 2 amide bonds. The van der Waals surface area contributed by atoms with Crippen LogP contribution in [-0.4, -0.2) is 44.3 Å². The van der Waals surface area contributed by atoms with E-state index in [2.05, 4.69) is 5.32 Å². The van der Waals surface area contributed by atoms with Crippen molar-refractivity contribution in [2.75, 3.05) is 17.4 Å². The van der Waals surface area contributed by atoms with Crippen LogP contribution in [0.4, 0.5) is 18.9 Å². The molecule has 7 nitrogen and oxygen atoms in total. The van der Waals surface area contributed by atoms with Crippen molar-refractivity contribution in [1.29, 1.82) is 0 Å². The van der Waals surface area contributed by atoms with Gasteiger partial charge in [0, 0.05) is 19.5 Å². The molecule has 1 atom stereocenters. The molecule has 0 aromatic heterocycles. The lowest BCUT2D eigenvalue weighted by molar-refractivity contribution is -0.140. The predicted octanol–water partition coefficient (Wildman–Crippen LogP) is 7.34. The molecule has 48 heavy (non-hydrogen) atoms. The van der Waals surface area contributed by atoms with Crippen molar-refractivity contribution >= 4 is 39.1 Å². The van der Waals surface area contributed by atoms with Crippen molar-refractivity contribution < 1.29 is 31.2 Å². The number of anilines is 1. The number of carbonyl (C=O) groups excluding carboxylic acids is 2. The van der Waals surface area contributed by atoms with E-state index in [9.17, 15) is 31.2 Å². The molecule has 4 aromatic rings. The number of halogens is 4. The lowest BCUT2D eigenvalue weighted by Gasteiger charge is -2.34. The van der Waals surface area contributed by atoms with E-state index in [1.54, 1.807) is 43.3 Å². The summed E-state index contributed by atoms with van der Waals surface area (Å²) in [5, 5.41) is 2.23. The number of hydrogen-bond acceptors (Lipinski definition) is 4. The molecule has 0 bridgehead atoms. The van der Waals surface area contributed by atoms with Gasteiger partial charge in [0.2, 0.25) is 11.8 Å². The largest absolute Gasteiger partial charge is 0.417 e. The second-order valence-electron chi connectivity index (χ2n) is 11.5. The molecular weight excluding hydrogens is 663 g/mol. The van der Waals surface area contributed by atoms with Gasteiger partial charge in [0.1, 0.15) is 12.6 Å². The topological polar surface area (TPSA) is 86.8 Å². The zero-order chi connectivity index (χ0) is 35.1. The van der Waals surface area contributed by atoms with Gasteiger partial charge < -0.3 is 10.2 Å². The first-order valence-corrected chi connectivity index (χ1v) is 17.1. The number of benzene rings is 4. The van der Waals surface area contributed by atoms with E-state index in [-0.39, 0.29) is 17.9 Å². The van der Waals surface area contributed by atoms with Gasteiger partial charge in [-0.2, -0.15) is 13.2 Å². The maximum absolute atomic E-state index is 14.5. The minimum absolute atomic E-state index is 0.0651. The summed E-state index contributed by atoms with van der Waals surface area (Å²) in [6.45, 7) is 4.90. The van der Waals surface area contributed by atoms with Crippen molar-refractivity contribution in [3.05, 3.63) is 130 Å². The van der Waals surface area contributed by atoms with Crippen LogP contribution in [0.1, 0.15) is 41.2 Å². The van der Waals surface area contributed by atoms with Crippen molar-refractivity contribution in [3.8, 4) is 0 Å². The highest BCUT2D eigenvalue weighted by Crippen LogP contribution is 2.38. The van der Waals surface area contributed by atoms with Gasteiger partial charge in [-0.3, -0.25) is 13.9 Å². The van der Waals surface area contributed by atoms with Crippen molar-refractivity contribution in [3.63, 3.8) is 0 Å². The van der Waals surface area contributed by atoms with Crippen molar-refractivity contribution in [1.82, 2.24) is 10.2 Å². The quantitative estimate of drug-likeness (QED) is 0.158. The number of nitrogens with zero attached hydrogens (tertiary/aromatic N) is 2. The van der Waals surface area contributed by atoms with Gasteiger partial charge in [-0.15, -0.1) is 0 Å². The fourth-order valence-corrected chi connectivity index (χ4v) is 6.81. The molecule has 0 aliphatic heterocycles. The fraction of sp³-hybridized carbons (Fsp3) is 0.278. The SMILES string of the molecule is CCCNC(=O)C(Cc1ccccc1)N(Cc1cccc(C)c1)C(=O)CN(c1ccc(Cl)c(C(F)(F)F)c1)S(=O)(=O)c1ccc(C)cc1. The molecule has 0 heterocycles. The Hall–Kier alpha value is -4.35. The van der Waals surface area contributed by atoms with E-state index in [0.29, 0.717) is 28.9 Å². The van der Waals surface area contributed by atoms with Crippen LogP contribution in [0.2, 0.25) is 5.02 Å². The first-order valence-electron chi connectivity index (χ1n) is 15.3. The smallest absolute Gasteiger partial charge is 0.354 e. The molecule has 1 N–H and O–H groups in total. The van der Waals surface area contributed by atoms with Crippen LogP contribution >= 0.6 is 11.6 Å². The molecule has 0 fully saturated rings. The van der Waals surface area contributed by atoms with Crippen LogP contribution in [-0.2, 0) is 38.8 Å². The maximum Gasteiger partial charge on any atom is 0.417 e. The number of amides is 2. The van der Waals surface area contributed by atoms with Crippen LogP contribution in [0.25, 0.3) is 0 Å². The van der Waals surface area contributed by atoms with E-state index in [4.69, 9.17) is 11.6 Å². The minimum atomic E-state index is -4.90. The van der Waals surface area contributed by atoms with E-state index >= 15 is 0 Å². The normalized spacial score (nSPS) is 12.3. The number of rotatable bonds is 13. The molecule has 0 aliphatic carbocycles. The highest BCUT2D eigenvalue weighted by atomic mass is 35.5. The third kappa shape index (κ3) is 9.17. The molecule has 0 saturated carbocycles. The summed E-state index contributed by atoms with van der Waals surface area (Å²) in [6.07, 6.45) is -4.15. The van der Waals surface area contributed by atoms with Crippen molar-refractivity contribution in [2.45, 2.75) is 57.3 Å². The summed E-state index contributed by atoms with van der Waals surface area (Å²) < 4.78 is 70.8. The van der Waals surface area contributed by atoms with Gasteiger partial charge in [-0.25, -0.2) is 8.42 Å². The van der Waals surface area contributed by atoms with Gasteiger partial charge in [-0.05, 0) is 61.7 Å². The average Bonchev–Trinajstić information content (AvgIpc) is 3.04. The third-order valence-electron chi connectivity index (χ3n) is 7.69. The monoisotopic (exact) mass is 699 g/mol. The molecule has 4 rings (SSSR count). The maximum atomic E-state index is 14.5. The van der Waals surface area contributed by atoms with Crippen LogP contribution in [0.15, 0.2) is 102 Å². The Morgan fingerprint density at radius 3 is 2.15 bits per heavy atom. The Labute approximate surface area is 284 Å². The van der Waals surface area contributed by atoms with Crippen LogP contribution in [0.3, 0.4) is 0 Å². The Morgan fingerprint density at radius 2 is 1.52 bits per heavy atom. The number of carbonyl (C=O) groups is 2. The van der Waals surface area contributed by atoms with Gasteiger partial charge >= 0.3 is 6.18 Å². The lowest BCUT2D eigenvalue weighted by atomic mass is 10.0. The Balaban J connectivity index is 1.86. The number of alkyl halides is 3. The Kier molecular flexibility index (Phi) is 11.9. The highest BCUT2D eigenvalue weighted by Gasteiger charge is 2.37. The van der Waals surface area contributed by atoms with Gasteiger partial charge in [0.15, 0.2) is 0 Å². The van der Waals surface area contributed by atoms with Gasteiger partial charge in [0.25, 0.3) is 10.0 Å². The first kappa shape index (κ1) is 36.5. The zero-order valence-corrected chi connectivity index (χ0v) is 28.4. The second-order valence-corrected chi connectivity index (χ2v) is 13.8. The summed E-state index contributed by atoms with van der Waals surface area (Å²) in [7, 11) is -4.60. The molecule has 12 heteroatoms. The van der Waals surface area contributed by atoms with Crippen molar-refractivity contribution in [2.24, 2.45) is 0 Å². The number of sulfonamides is 1. The molecule has 0 aliphatic rings. The lowest BCUT2D eigenvalue weighted by Crippen LogP contribution is -2.53. The predicted molar refractivity (Wildman–Crippen MR) is 181 cm³/mol. The molecule has 254 valence electrons. The first-order chi connectivity index (χ1) is 22.7. The molecule has 4 aromatic carbocycles. The van der Waals surface area contributed by atoms with Crippen LogP contribution in [0, 0.1) is 13.8 Å². The number of nitrogens with one attached hydrogen (secondary N) is 1. The van der Waals surface area contributed by atoms with E-state index < -0.39 is 56.9 Å². The minimum Gasteiger partial charge on any atom is -0.354 e. The fourth-order valence-electron chi connectivity index (χ4n) is 5.18.